The topological polar surface area (TPSA) is 121 Å². The van der Waals surface area contributed by atoms with Gasteiger partial charge in [0.15, 0.2) is 0 Å². The van der Waals surface area contributed by atoms with E-state index in [1.807, 2.05) is 30.5 Å². The minimum atomic E-state index is -3.72. The number of sulfonamides is 1. The summed E-state index contributed by atoms with van der Waals surface area (Å²) >= 11 is 0. The standard InChI is InChI=1S/C23H26N4O5S/c28-22(10-4-6-18-16-24-21-9-2-1-8-20(18)21)25-26-23(29)17-5-3-7-19(15-17)33(30,31)27-11-13-32-14-12-27/h1-3,5,7-9,15-16,24H,4,6,10-14H2,(H,25,28)(H,26,29). The molecule has 0 aliphatic carbocycles. The molecule has 3 aromatic rings. The molecule has 2 amide bonds. The first kappa shape index (κ1) is 23.0. The smallest absolute Gasteiger partial charge is 0.269 e. The van der Waals surface area contributed by atoms with Crippen LogP contribution in [0.1, 0.15) is 28.8 Å². The number of morpholine rings is 1. The Labute approximate surface area is 192 Å². The average molecular weight is 471 g/mol. The first-order valence-electron chi connectivity index (χ1n) is 10.8. The molecule has 3 N–H and O–H groups in total. The van der Waals surface area contributed by atoms with E-state index in [2.05, 4.69) is 15.8 Å². The lowest BCUT2D eigenvalue weighted by Gasteiger charge is -2.26. The summed E-state index contributed by atoms with van der Waals surface area (Å²) in [7, 11) is -3.72. The number of rotatable bonds is 7. The van der Waals surface area contributed by atoms with Crippen molar-refractivity contribution < 1.29 is 22.7 Å². The molecule has 1 saturated heterocycles. The quantitative estimate of drug-likeness (QED) is 0.456. The van der Waals surface area contributed by atoms with E-state index < -0.39 is 15.9 Å². The Hall–Kier alpha value is -3.21. The lowest BCUT2D eigenvalue weighted by atomic mass is 10.1. The molecule has 33 heavy (non-hydrogen) atoms. The summed E-state index contributed by atoms with van der Waals surface area (Å²) in [5.74, 6) is -0.903. The number of aromatic amines is 1. The van der Waals surface area contributed by atoms with Gasteiger partial charge in [0, 0.05) is 42.2 Å². The lowest BCUT2D eigenvalue weighted by molar-refractivity contribution is -0.121. The van der Waals surface area contributed by atoms with Gasteiger partial charge in [-0.3, -0.25) is 20.4 Å². The van der Waals surface area contributed by atoms with Gasteiger partial charge >= 0.3 is 0 Å². The highest BCUT2D eigenvalue weighted by molar-refractivity contribution is 7.89. The Balaban J connectivity index is 1.28. The van der Waals surface area contributed by atoms with Crippen LogP contribution in [0.3, 0.4) is 0 Å². The average Bonchev–Trinajstić information content (AvgIpc) is 3.26. The van der Waals surface area contributed by atoms with Crippen LogP contribution in [0.15, 0.2) is 59.6 Å². The Morgan fingerprint density at radius 3 is 2.64 bits per heavy atom. The molecular formula is C23H26N4O5S. The Morgan fingerprint density at radius 2 is 1.82 bits per heavy atom. The number of benzene rings is 2. The van der Waals surface area contributed by atoms with E-state index in [1.165, 1.54) is 28.6 Å². The summed E-state index contributed by atoms with van der Waals surface area (Å²) in [6.07, 6.45) is 3.54. The van der Waals surface area contributed by atoms with Gasteiger partial charge in [-0.05, 0) is 42.7 Å². The van der Waals surface area contributed by atoms with Crippen molar-refractivity contribution in [1.82, 2.24) is 20.1 Å². The molecule has 0 bridgehead atoms. The van der Waals surface area contributed by atoms with Crippen molar-refractivity contribution in [2.24, 2.45) is 0 Å². The van der Waals surface area contributed by atoms with E-state index in [0.717, 1.165) is 22.9 Å². The zero-order valence-corrected chi connectivity index (χ0v) is 18.9. The molecule has 0 unspecified atom stereocenters. The molecule has 1 aliphatic heterocycles. The number of aromatic nitrogens is 1. The number of nitrogens with one attached hydrogen (secondary N) is 3. The first-order chi connectivity index (χ1) is 15.9. The number of hydrogen-bond acceptors (Lipinski definition) is 5. The maximum absolute atomic E-state index is 12.8. The maximum Gasteiger partial charge on any atom is 0.269 e. The van der Waals surface area contributed by atoms with Crippen LogP contribution in [0.2, 0.25) is 0 Å². The van der Waals surface area contributed by atoms with Crippen LogP contribution in [-0.4, -0.2) is 55.8 Å². The summed E-state index contributed by atoms with van der Waals surface area (Å²) in [6, 6.07) is 13.7. The molecule has 0 radical (unpaired) electrons. The van der Waals surface area contributed by atoms with Gasteiger partial charge in [-0.2, -0.15) is 4.31 Å². The number of hydrazine groups is 1. The minimum absolute atomic E-state index is 0.0297. The van der Waals surface area contributed by atoms with Crippen molar-refractivity contribution in [3.8, 4) is 0 Å². The number of carbonyl (C=O) groups is 2. The number of para-hydroxylation sites is 1. The number of nitrogens with zero attached hydrogens (tertiary/aromatic N) is 1. The van der Waals surface area contributed by atoms with Crippen LogP contribution in [0, 0.1) is 0 Å². The molecule has 2 aromatic carbocycles. The second kappa shape index (κ2) is 10.2. The zero-order valence-electron chi connectivity index (χ0n) is 18.0. The monoisotopic (exact) mass is 470 g/mol. The van der Waals surface area contributed by atoms with Crippen LogP contribution in [0.5, 0.6) is 0 Å². The fraction of sp³-hybridized carbons (Fsp3) is 0.304. The first-order valence-corrected chi connectivity index (χ1v) is 12.2. The molecule has 1 fully saturated rings. The van der Waals surface area contributed by atoms with E-state index in [9.17, 15) is 18.0 Å². The van der Waals surface area contributed by atoms with Gasteiger partial charge in [-0.1, -0.05) is 24.3 Å². The number of H-pyrrole nitrogens is 1. The van der Waals surface area contributed by atoms with Gasteiger partial charge in [-0.15, -0.1) is 0 Å². The summed E-state index contributed by atoms with van der Waals surface area (Å²) in [5, 5.41) is 1.14. The van der Waals surface area contributed by atoms with Gasteiger partial charge in [-0.25, -0.2) is 8.42 Å². The molecule has 4 rings (SSSR count). The number of fused-ring (bicyclic) bond motifs is 1. The van der Waals surface area contributed by atoms with Crippen LogP contribution < -0.4 is 10.9 Å². The summed E-state index contributed by atoms with van der Waals surface area (Å²) in [4.78, 5) is 27.8. The summed E-state index contributed by atoms with van der Waals surface area (Å²) in [6.45, 7) is 1.22. The minimum Gasteiger partial charge on any atom is -0.379 e. The van der Waals surface area contributed by atoms with Gasteiger partial charge in [0.1, 0.15) is 0 Å². The highest BCUT2D eigenvalue weighted by Crippen LogP contribution is 2.20. The van der Waals surface area contributed by atoms with Crippen LogP contribution in [0.4, 0.5) is 0 Å². The molecule has 10 heteroatoms. The lowest BCUT2D eigenvalue weighted by Crippen LogP contribution is -2.42. The Bertz CT molecular complexity index is 1250. The molecule has 174 valence electrons. The van der Waals surface area contributed by atoms with Crippen molar-refractivity contribution in [2.75, 3.05) is 26.3 Å². The van der Waals surface area contributed by atoms with Crippen molar-refractivity contribution in [1.29, 1.82) is 0 Å². The molecule has 1 aromatic heterocycles. The molecular weight excluding hydrogens is 444 g/mol. The van der Waals surface area contributed by atoms with Crippen molar-refractivity contribution >= 4 is 32.7 Å². The zero-order chi connectivity index (χ0) is 23.3. The van der Waals surface area contributed by atoms with Crippen LogP contribution in [-0.2, 0) is 26.0 Å². The Kier molecular flexibility index (Phi) is 7.07. The predicted molar refractivity (Wildman–Crippen MR) is 123 cm³/mol. The Morgan fingerprint density at radius 1 is 1.03 bits per heavy atom. The highest BCUT2D eigenvalue weighted by Gasteiger charge is 2.26. The summed E-state index contributed by atoms with van der Waals surface area (Å²) in [5.41, 5.74) is 7.09. The third kappa shape index (κ3) is 5.41. The second-order valence-corrected chi connectivity index (χ2v) is 9.70. The fourth-order valence-corrected chi connectivity index (χ4v) is 5.23. The van der Waals surface area contributed by atoms with Gasteiger partial charge in [0.25, 0.3) is 5.91 Å². The third-order valence-corrected chi connectivity index (χ3v) is 7.44. The van der Waals surface area contributed by atoms with E-state index in [0.29, 0.717) is 19.6 Å². The van der Waals surface area contributed by atoms with Crippen LogP contribution in [0.25, 0.3) is 10.9 Å². The molecule has 9 nitrogen and oxygen atoms in total. The van der Waals surface area contributed by atoms with Gasteiger partial charge in [0.05, 0.1) is 18.1 Å². The molecule has 1 aliphatic rings. The largest absolute Gasteiger partial charge is 0.379 e. The normalized spacial score (nSPS) is 14.8. The number of ether oxygens (including phenoxy) is 1. The van der Waals surface area contributed by atoms with Gasteiger partial charge in [0.2, 0.25) is 15.9 Å². The van der Waals surface area contributed by atoms with Crippen molar-refractivity contribution in [3.63, 3.8) is 0 Å². The molecule has 0 atom stereocenters. The predicted octanol–water partition coefficient (Wildman–Crippen LogP) is 1.97. The number of aryl methyl sites for hydroxylation is 1. The van der Waals surface area contributed by atoms with Crippen molar-refractivity contribution in [2.45, 2.75) is 24.2 Å². The van der Waals surface area contributed by atoms with Crippen LogP contribution >= 0.6 is 0 Å². The van der Waals surface area contributed by atoms with E-state index >= 15 is 0 Å². The number of carbonyl (C=O) groups excluding carboxylic acids is 2. The molecule has 0 saturated carbocycles. The SMILES string of the molecule is O=C(CCCc1c[nH]c2ccccc12)NNC(=O)c1cccc(S(=O)(=O)N2CCOCC2)c1. The van der Waals surface area contributed by atoms with E-state index in [4.69, 9.17) is 4.74 Å². The van der Waals surface area contributed by atoms with E-state index in [1.54, 1.807) is 0 Å². The van der Waals surface area contributed by atoms with Crippen molar-refractivity contribution in [3.05, 3.63) is 65.9 Å². The molecule has 2 heterocycles. The summed E-state index contributed by atoms with van der Waals surface area (Å²) < 4.78 is 32.1. The highest BCUT2D eigenvalue weighted by atomic mass is 32.2. The number of amides is 2. The van der Waals surface area contributed by atoms with Gasteiger partial charge < -0.3 is 9.72 Å². The molecule has 0 spiro atoms. The second-order valence-electron chi connectivity index (χ2n) is 7.76. The maximum atomic E-state index is 12.8. The van der Waals surface area contributed by atoms with E-state index in [-0.39, 0.29) is 35.9 Å². The third-order valence-electron chi connectivity index (χ3n) is 5.54. The fourth-order valence-electron chi connectivity index (χ4n) is 3.77. The number of hydrogen-bond donors (Lipinski definition) is 3.